The smallest absolute Gasteiger partial charge is 0.261 e. The predicted molar refractivity (Wildman–Crippen MR) is 73.7 cm³/mol. The lowest BCUT2D eigenvalue weighted by Crippen LogP contribution is -2.46. The van der Waals surface area contributed by atoms with Crippen LogP contribution in [0.1, 0.15) is 13.8 Å². The van der Waals surface area contributed by atoms with Gasteiger partial charge in [-0.2, -0.15) is 0 Å². The summed E-state index contributed by atoms with van der Waals surface area (Å²) in [5, 5.41) is 2.64. The monoisotopic (exact) mass is 264 g/mol. The van der Waals surface area contributed by atoms with Crippen LogP contribution in [0.4, 0.5) is 5.69 Å². The Morgan fingerprint density at radius 3 is 2.37 bits per heavy atom. The molecule has 0 saturated heterocycles. The minimum absolute atomic E-state index is 0.157. The van der Waals surface area contributed by atoms with E-state index >= 15 is 0 Å². The SMILES string of the molecule is COC(C(=O)Nc1ccccc1)C(=O)C(C)(C)CN. The second kappa shape index (κ2) is 6.45. The highest BCUT2D eigenvalue weighted by atomic mass is 16.5. The Kier molecular flexibility index (Phi) is 5.20. The average molecular weight is 264 g/mol. The first kappa shape index (κ1) is 15.3. The molecule has 0 saturated carbocycles. The molecule has 19 heavy (non-hydrogen) atoms. The fourth-order valence-corrected chi connectivity index (χ4v) is 1.52. The van der Waals surface area contributed by atoms with E-state index in [-0.39, 0.29) is 12.3 Å². The number of rotatable bonds is 6. The van der Waals surface area contributed by atoms with Gasteiger partial charge in [-0.1, -0.05) is 32.0 Å². The van der Waals surface area contributed by atoms with E-state index in [2.05, 4.69) is 5.32 Å². The number of carbonyl (C=O) groups is 2. The third kappa shape index (κ3) is 3.87. The largest absolute Gasteiger partial charge is 0.364 e. The molecular weight excluding hydrogens is 244 g/mol. The van der Waals surface area contributed by atoms with E-state index in [9.17, 15) is 9.59 Å². The maximum Gasteiger partial charge on any atom is 0.261 e. The van der Waals surface area contributed by atoms with Crippen LogP contribution in [0.25, 0.3) is 0 Å². The molecule has 1 aromatic rings. The number of benzene rings is 1. The summed E-state index contributed by atoms with van der Waals surface area (Å²) in [5.74, 6) is -0.814. The normalized spacial score (nSPS) is 12.8. The molecule has 0 aliphatic carbocycles. The Morgan fingerprint density at radius 1 is 1.32 bits per heavy atom. The van der Waals surface area contributed by atoms with Crippen LogP contribution in [0.3, 0.4) is 0 Å². The molecule has 3 N–H and O–H groups in total. The second-order valence-corrected chi connectivity index (χ2v) is 4.92. The van der Waals surface area contributed by atoms with Crippen LogP contribution in [0.2, 0.25) is 0 Å². The molecule has 0 radical (unpaired) electrons. The van der Waals surface area contributed by atoms with Gasteiger partial charge in [-0.05, 0) is 12.1 Å². The number of amides is 1. The van der Waals surface area contributed by atoms with Crippen molar-refractivity contribution in [3.05, 3.63) is 30.3 Å². The van der Waals surface area contributed by atoms with Gasteiger partial charge in [0, 0.05) is 24.8 Å². The summed E-state index contributed by atoms with van der Waals surface area (Å²) < 4.78 is 5.02. The first-order chi connectivity index (χ1) is 8.92. The molecule has 104 valence electrons. The number of nitrogens with two attached hydrogens (primary N) is 1. The maximum absolute atomic E-state index is 12.2. The molecule has 0 aliphatic rings. The van der Waals surface area contributed by atoms with Crippen molar-refractivity contribution in [1.82, 2.24) is 0 Å². The molecule has 0 aliphatic heterocycles. The van der Waals surface area contributed by atoms with Gasteiger partial charge in [-0.15, -0.1) is 0 Å². The van der Waals surface area contributed by atoms with Crippen molar-refractivity contribution in [1.29, 1.82) is 0 Å². The van der Waals surface area contributed by atoms with Crippen molar-refractivity contribution in [3.8, 4) is 0 Å². The zero-order valence-electron chi connectivity index (χ0n) is 11.5. The molecule has 1 rings (SSSR count). The van der Waals surface area contributed by atoms with E-state index < -0.39 is 17.4 Å². The summed E-state index contributed by atoms with van der Waals surface area (Å²) in [4.78, 5) is 24.2. The Morgan fingerprint density at radius 2 is 1.89 bits per heavy atom. The van der Waals surface area contributed by atoms with Crippen molar-refractivity contribution in [2.24, 2.45) is 11.1 Å². The molecule has 0 aromatic heterocycles. The third-order valence-electron chi connectivity index (χ3n) is 2.93. The van der Waals surface area contributed by atoms with Crippen molar-refractivity contribution in [3.63, 3.8) is 0 Å². The summed E-state index contributed by atoms with van der Waals surface area (Å²) in [6.45, 7) is 3.54. The number of carbonyl (C=O) groups excluding carboxylic acids is 2. The van der Waals surface area contributed by atoms with E-state index in [0.29, 0.717) is 5.69 Å². The van der Waals surface area contributed by atoms with Gasteiger partial charge >= 0.3 is 0 Å². The third-order valence-corrected chi connectivity index (χ3v) is 2.93. The maximum atomic E-state index is 12.2. The lowest BCUT2D eigenvalue weighted by molar-refractivity contribution is -0.144. The van der Waals surface area contributed by atoms with Crippen LogP contribution in [0.5, 0.6) is 0 Å². The van der Waals surface area contributed by atoms with Gasteiger partial charge in [-0.25, -0.2) is 0 Å². The summed E-state index contributed by atoms with van der Waals surface area (Å²) in [6.07, 6.45) is -1.15. The first-order valence-electron chi connectivity index (χ1n) is 6.05. The molecule has 5 nitrogen and oxygen atoms in total. The lowest BCUT2D eigenvalue weighted by atomic mass is 9.85. The van der Waals surface area contributed by atoms with Crippen molar-refractivity contribution < 1.29 is 14.3 Å². The number of methoxy groups -OCH3 is 1. The van der Waals surface area contributed by atoms with E-state index in [1.807, 2.05) is 6.07 Å². The highest BCUT2D eigenvalue weighted by Crippen LogP contribution is 2.19. The van der Waals surface area contributed by atoms with Crippen LogP contribution in [0.15, 0.2) is 30.3 Å². The van der Waals surface area contributed by atoms with Crippen molar-refractivity contribution in [2.75, 3.05) is 19.0 Å². The van der Waals surface area contributed by atoms with Crippen LogP contribution in [-0.4, -0.2) is 31.4 Å². The average Bonchev–Trinajstić information content (AvgIpc) is 2.40. The van der Waals surface area contributed by atoms with Gasteiger partial charge in [0.25, 0.3) is 5.91 Å². The summed E-state index contributed by atoms with van der Waals surface area (Å²) in [5.41, 5.74) is 5.37. The number of anilines is 1. The summed E-state index contributed by atoms with van der Waals surface area (Å²) in [7, 11) is 1.33. The minimum atomic E-state index is -1.15. The quantitative estimate of drug-likeness (QED) is 0.756. The lowest BCUT2D eigenvalue weighted by Gasteiger charge is -2.25. The zero-order valence-corrected chi connectivity index (χ0v) is 11.5. The standard InChI is InChI=1S/C14H20N2O3/c1-14(2,9-15)12(17)11(19-3)13(18)16-10-7-5-4-6-8-10/h4-8,11H,9,15H2,1-3H3,(H,16,18). The van der Waals surface area contributed by atoms with Gasteiger partial charge in [0.15, 0.2) is 11.9 Å². The number of ether oxygens (including phenoxy) is 1. The first-order valence-corrected chi connectivity index (χ1v) is 6.05. The molecule has 1 amide bonds. The summed E-state index contributed by atoms with van der Waals surface area (Å²) in [6, 6.07) is 8.91. The predicted octanol–water partition coefficient (Wildman–Crippen LogP) is 1.19. The van der Waals surface area contributed by atoms with Crippen LogP contribution in [0, 0.1) is 5.41 Å². The number of ketones is 1. The Bertz CT molecular complexity index is 443. The van der Waals surface area contributed by atoms with Crippen molar-refractivity contribution >= 4 is 17.4 Å². The van der Waals surface area contributed by atoms with Gasteiger partial charge in [0.2, 0.25) is 0 Å². The number of Topliss-reactive ketones (excluding diaryl/α,β-unsaturated/α-hetero) is 1. The van der Waals surface area contributed by atoms with Gasteiger partial charge in [0.05, 0.1) is 0 Å². The van der Waals surface area contributed by atoms with Gasteiger partial charge in [0.1, 0.15) is 0 Å². The molecule has 0 heterocycles. The minimum Gasteiger partial charge on any atom is -0.364 e. The number of hydrogen-bond acceptors (Lipinski definition) is 4. The van der Waals surface area contributed by atoms with Crippen LogP contribution < -0.4 is 11.1 Å². The number of nitrogens with one attached hydrogen (secondary N) is 1. The van der Waals surface area contributed by atoms with Crippen molar-refractivity contribution in [2.45, 2.75) is 20.0 Å². The van der Waals surface area contributed by atoms with Gasteiger partial charge in [-0.3, -0.25) is 9.59 Å². The molecular formula is C14H20N2O3. The fourth-order valence-electron chi connectivity index (χ4n) is 1.52. The summed E-state index contributed by atoms with van der Waals surface area (Å²) >= 11 is 0. The molecule has 1 atom stereocenters. The Hall–Kier alpha value is -1.72. The molecule has 0 spiro atoms. The Balaban J connectivity index is 2.81. The highest BCUT2D eigenvalue weighted by molar-refractivity contribution is 6.11. The van der Waals surface area contributed by atoms with Crippen LogP contribution >= 0.6 is 0 Å². The van der Waals surface area contributed by atoms with Crippen LogP contribution in [-0.2, 0) is 14.3 Å². The molecule has 1 aromatic carbocycles. The topological polar surface area (TPSA) is 81.4 Å². The van der Waals surface area contributed by atoms with Gasteiger partial charge < -0.3 is 15.8 Å². The molecule has 5 heteroatoms. The number of para-hydroxylation sites is 1. The fraction of sp³-hybridized carbons (Fsp3) is 0.429. The van der Waals surface area contributed by atoms with E-state index in [1.54, 1.807) is 38.1 Å². The molecule has 0 bridgehead atoms. The van der Waals surface area contributed by atoms with E-state index in [1.165, 1.54) is 7.11 Å². The van der Waals surface area contributed by atoms with E-state index in [0.717, 1.165) is 0 Å². The van der Waals surface area contributed by atoms with E-state index in [4.69, 9.17) is 10.5 Å². The zero-order chi connectivity index (χ0) is 14.5. The number of hydrogen-bond donors (Lipinski definition) is 2. The highest BCUT2D eigenvalue weighted by Gasteiger charge is 2.37. The molecule has 1 unspecified atom stereocenters. The second-order valence-electron chi connectivity index (χ2n) is 4.92. The molecule has 0 fully saturated rings. The Labute approximate surface area is 113 Å².